The molecule has 0 aromatic carbocycles. The van der Waals surface area contributed by atoms with E-state index in [9.17, 15) is 9.59 Å². The van der Waals surface area contributed by atoms with Crippen LogP contribution in [0.5, 0.6) is 0 Å². The number of fused-ring (bicyclic) bond motifs is 1. The summed E-state index contributed by atoms with van der Waals surface area (Å²) in [5.41, 5.74) is 0.983. The maximum Gasteiger partial charge on any atom is 0.326 e. The van der Waals surface area contributed by atoms with Gasteiger partial charge in [-0.15, -0.1) is 0 Å². The van der Waals surface area contributed by atoms with Gasteiger partial charge in [-0.25, -0.2) is 9.78 Å². The number of rotatable bonds is 6. The zero-order chi connectivity index (χ0) is 17.1. The lowest BCUT2D eigenvalue weighted by Gasteiger charge is -2.16. The predicted molar refractivity (Wildman–Crippen MR) is 87.9 cm³/mol. The average molecular weight is 358 g/mol. The molecule has 0 aliphatic rings. The molecule has 1 unspecified atom stereocenters. The summed E-state index contributed by atoms with van der Waals surface area (Å²) in [5.74, 6) is -1.28. The smallest absolute Gasteiger partial charge is 0.326 e. The van der Waals surface area contributed by atoms with Gasteiger partial charge in [-0.05, 0) is 18.4 Å². The van der Waals surface area contributed by atoms with Gasteiger partial charge in [0.2, 0.25) is 5.91 Å². The molecule has 0 spiro atoms. The van der Waals surface area contributed by atoms with Crippen molar-refractivity contribution in [2.24, 2.45) is 5.92 Å². The molecule has 2 rings (SSSR count). The van der Waals surface area contributed by atoms with Crippen LogP contribution in [0.1, 0.15) is 26.0 Å². The number of hydrogen-bond acceptors (Lipinski definition) is 3. The second kappa shape index (κ2) is 7.19. The summed E-state index contributed by atoms with van der Waals surface area (Å²) in [4.78, 5) is 27.5. The van der Waals surface area contributed by atoms with Crippen molar-refractivity contribution in [3.63, 3.8) is 0 Å². The zero-order valence-electron chi connectivity index (χ0n) is 12.7. The molecule has 0 saturated heterocycles. The molecule has 1 amide bonds. The number of hydrogen-bond donors (Lipinski definition) is 2. The highest BCUT2D eigenvalue weighted by atomic mass is 35.5. The van der Waals surface area contributed by atoms with E-state index in [4.69, 9.17) is 28.3 Å². The van der Waals surface area contributed by atoms with Crippen molar-refractivity contribution in [1.29, 1.82) is 0 Å². The van der Waals surface area contributed by atoms with Crippen LogP contribution < -0.4 is 5.32 Å². The summed E-state index contributed by atoms with van der Waals surface area (Å²) in [5, 5.41) is 12.5. The molecule has 6 nitrogen and oxygen atoms in total. The fourth-order valence-corrected chi connectivity index (χ4v) is 2.79. The van der Waals surface area contributed by atoms with Gasteiger partial charge >= 0.3 is 5.97 Å². The van der Waals surface area contributed by atoms with Crippen LogP contribution in [0.15, 0.2) is 18.5 Å². The number of carbonyl (C=O) groups is 2. The largest absolute Gasteiger partial charge is 0.480 e. The SMILES string of the molecule is CC(C)CC(NC(=O)Cc1cn2cc(Cl)cc(Cl)c2n1)C(=O)O. The van der Waals surface area contributed by atoms with Crippen molar-refractivity contribution < 1.29 is 14.7 Å². The van der Waals surface area contributed by atoms with Crippen LogP contribution in [0.4, 0.5) is 0 Å². The average Bonchev–Trinajstić information content (AvgIpc) is 2.79. The summed E-state index contributed by atoms with van der Waals surface area (Å²) in [6.07, 6.45) is 3.62. The first-order chi connectivity index (χ1) is 10.8. The summed E-state index contributed by atoms with van der Waals surface area (Å²) in [6.45, 7) is 3.80. The Hall–Kier alpha value is -1.79. The number of aromatic nitrogens is 2. The minimum atomic E-state index is -1.04. The maximum atomic E-state index is 12.1. The number of halogens is 2. The van der Waals surface area contributed by atoms with Gasteiger partial charge in [0.25, 0.3) is 0 Å². The van der Waals surface area contributed by atoms with Crippen LogP contribution in [0, 0.1) is 5.92 Å². The fourth-order valence-electron chi connectivity index (χ4n) is 2.26. The van der Waals surface area contributed by atoms with Crippen LogP contribution in [-0.4, -0.2) is 32.4 Å². The van der Waals surface area contributed by atoms with Gasteiger partial charge in [0.05, 0.1) is 22.2 Å². The fraction of sp³-hybridized carbons (Fsp3) is 0.400. The third-order valence-electron chi connectivity index (χ3n) is 3.20. The predicted octanol–water partition coefficient (Wildman–Crippen LogP) is 2.80. The Bertz CT molecular complexity index is 743. The second-order valence-electron chi connectivity index (χ2n) is 5.73. The van der Waals surface area contributed by atoms with Gasteiger partial charge in [-0.2, -0.15) is 0 Å². The van der Waals surface area contributed by atoms with Gasteiger partial charge < -0.3 is 14.8 Å². The number of aliphatic carboxylic acids is 1. The van der Waals surface area contributed by atoms with Gasteiger partial charge in [-0.3, -0.25) is 4.79 Å². The van der Waals surface area contributed by atoms with E-state index in [1.807, 2.05) is 13.8 Å². The highest BCUT2D eigenvalue weighted by molar-refractivity contribution is 6.36. The van der Waals surface area contributed by atoms with E-state index in [0.717, 1.165) is 0 Å². The molecule has 8 heteroatoms. The molecule has 2 aromatic rings. The zero-order valence-corrected chi connectivity index (χ0v) is 14.2. The Morgan fingerprint density at radius 2 is 2.04 bits per heavy atom. The van der Waals surface area contributed by atoms with E-state index >= 15 is 0 Å². The van der Waals surface area contributed by atoms with Gasteiger partial charge in [0, 0.05) is 12.4 Å². The molecular formula is C15H17Cl2N3O3. The molecule has 124 valence electrons. The lowest BCUT2D eigenvalue weighted by Crippen LogP contribution is -2.42. The maximum absolute atomic E-state index is 12.1. The first-order valence-electron chi connectivity index (χ1n) is 7.11. The summed E-state index contributed by atoms with van der Waals surface area (Å²) in [7, 11) is 0. The molecule has 2 heterocycles. The van der Waals surface area contributed by atoms with Crippen LogP contribution in [0.2, 0.25) is 10.0 Å². The highest BCUT2D eigenvalue weighted by Gasteiger charge is 2.21. The molecule has 0 bridgehead atoms. The topological polar surface area (TPSA) is 83.7 Å². The van der Waals surface area contributed by atoms with Crippen LogP contribution in [0.25, 0.3) is 5.65 Å². The van der Waals surface area contributed by atoms with Crippen molar-refractivity contribution in [2.75, 3.05) is 0 Å². The molecular weight excluding hydrogens is 341 g/mol. The molecule has 2 aromatic heterocycles. The van der Waals surface area contributed by atoms with Gasteiger partial charge in [-0.1, -0.05) is 37.0 Å². The van der Waals surface area contributed by atoms with Gasteiger partial charge in [0.15, 0.2) is 5.65 Å². The third-order valence-corrected chi connectivity index (χ3v) is 3.69. The number of nitrogens with zero attached hydrogens (tertiary/aromatic N) is 2. The number of nitrogens with one attached hydrogen (secondary N) is 1. The number of imidazole rings is 1. The summed E-state index contributed by atoms with van der Waals surface area (Å²) in [6, 6.07) is 0.663. The minimum Gasteiger partial charge on any atom is -0.480 e. The Labute approximate surface area is 143 Å². The number of carbonyl (C=O) groups excluding carboxylic acids is 1. The molecule has 23 heavy (non-hydrogen) atoms. The molecule has 0 aliphatic carbocycles. The standard InChI is InChI=1S/C15H17Cl2N3O3/c1-8(2)3-12(15(22)23)19-13(21)5-10-7-20-6-9(16)4-11(17)14(20)18-10/h4,6-8,12H,3,5H2,1-2H3,(H,19,21)(H,22,23). The minimum absolute atomic E-state index is 0.0303. The molecule has 0 fully saturated rings. The van der Waals surface area contributed by atoms with Gasteiger partial charge in [0.1, 0.15) is 6.04 Å². The number of amides is 1. The Morgan fingerprint density at radius 3 is 2.65 bits per heavy atom. The van der Waals surface area contributed by atoms with Crippen LogP contribution in [-0.2, 0) is 16.0 Å². The quantitative estimate of drug-likeness (QED) is 0.832. The van der Waals surface area contributed by atoms with Crippen molar-refractivity contribution in [2.45, 2.75) is 32.7 Å². The molecule has 1 atom stereocenters. The Morgan fingerprint density at radius 1 is 1.35 bits per heavy atom. The van der Waals surface area contributed by atoms with Crippen molar-refractivity contribution in [1.82, 2.24) is 14.7 Å². The van der Waals surface area contributed by atoms with Crippen molar-refractivity contribution in [3.05, 3.63) is 34.2 Å². The van der Waals surface area contributed by atoms with Crippen LogP contribution >= 0.6 is 23.2 Å². The first kappa shape index (κ1) is 17.6. The molecule has 0 aliphatic heterocycles. The van der Waals surface area contributed by atoms with E-state index in [1.54, 1.807) is 22.9 Å². The third kappa shape index (κ3) is 4.59. The normalized spacial score (nSPS) is 12.6. The summed E-state index contributed by atoms with van der Waals surface area (Å²) < 4.78 is 1.63. The Balaban J connectivity index is 2.10. The van der Waals surface area contributed by atoms with E-state index in [0.29, 0.717) is 27.8 Å². The number of carboxylic acids is 1. The van der Waals surface area contributed by atoms with Crippen molar-refractivity contribution >= 4 is 40.7 Å². The highest BCUT2D eigenvalue weighted by Crippen LogP contribution is 2.21. The number of pyridine rings is 1. The van der Waals surface area contributed by atoms with Crippen LogP contribution in [0.3, 0.4) is 0 Å². The molecule has 2 N–H and O–H groups in total. The monoisotopic (exact) mass is 357 g/mol. The van der Waals surface area contributed by atoms with Crippen molar-refractivity contribution in [3.8, 4) is 0 Å². The summed E-state index contributed by atoms with van der Waals surface area (Å²) >= 11 is 12.0. The second-order valence-corrected chi connectivity index (χ2v) is 6.58. The lowest BCUT2D eigenvalue weighted by atomic mass is 10.0. The lowest BCUT2D eigenvalue weighted by molar-refractivity contribution is -0.142. The molecule has 0 radical (unpaired) electrons. The van der Waals surface area contributed by atoms with E-state index in [1.165, 1.54) is 0 Å². The van der Waals surface area contributed by atoms with E-state index in [2.05, 4.69) is 10.3 Å². The molecule has 0 saturated carbocycles. The van der Waals surface area contributed by atoms with E-state index in [-0.39, 0.29) is 12.3 Å². The number of carboxylic acid groups (broad SMARTS) is 1. The Kier molecular flexibility index (Phi) is 5.49. The first-order valence-corrected chi connectivity index (χ1v) is 7.86. The van der Waals surface area contributed by atoms with E-state index < -0.39 is 17.9 Å².